The first-order valence-corrected chi connectivity index (χ1v) is 9.81. The molecule has 2 heterocycles. The number of para-hydroxylation sites is 2. The van der Waals surface area contributed by atoms with Crippen LogP contribution < -0.4 is 10.2 Å². The number of non-ortho nitro benzene ring substituents is 1. The van der Waals surface area contributed by atoms with Crippen LogP contribution in [0.25, 0.3) is 11.0 Å². The number of nitrogens with zero attached hydrogens (tertiary/aromatic N) is 4. The third kappa shape index (κ3) is 3.97. The monoisotopic (exact) mass is 423 g/mol. The molecule has 4 rings (SSSR count). The molecule has 0 spiro atoms. The van der Waals surface area contributed by atoms with Gasteiger partial charge < -0.3 is 10.1 Å². The molecule has 2 aromatic carbocycles. The van der Waals surface area contributed by atoms with Crippen LogP contribution in [0.2, 0.25) is 0 Å². The van der Waals surface area contributed by atoms with Crippen molar-refractivity contribution in [3.63, 3.8) is 0 Å². The van der Waals surface area contributed by atoms with Crippen molar-refractivity contribution in [3.8, 4) is 0 Å². The van der Waals surface area contributed by atoms with Gasteiger partial charge in [-0.1, -0.05) is 18.2 Å². The first kappa shape index (κ1) is 20.5. The highest BCUT2D eigenvalue weighted by Gasteiger charge is 2.40. The maximum absolute atomic E-state index is 13.1. The van der Waals surface area contributed by atoms with Crippen LogP contribution in [0.1, 0.15) is 18.9 Å². The number of nitro groups is 1. The number of rotatable bonds is 8. The van der Waals surface area contributed by atoms with E-state index in [2.05, 4.69) is 10.3 Å². The smallest absolute Gasteiger partial charge is 0.271 e. The number of hydrogen-bond donors (Lipinski definition) is 1. The van der Waals surface area contributed by atoms with E-state index >= 15 is 0 Å². The van der Waals surface area contributed by atoms with Crippen LogP contribution >= 0.6 is 0 Å². The minimum Gasteiger partial charge on any atom is -0.385 e. The Morgan fingerprint density at radius 2 is 2.06 bits per heavy atom. The number of ether oxygens (including phenoxy) is 1. The summed E-state index contributed by atoms with van der Waals surface area (Å²) in [6.07, 6.45) is 0.522. The number of amides is 2. The van der Waals surface area contributed by atoms with Crippen molar-refractivity contribution < 1.29 is 19.2 Å². The second-order valence-electron chi connectivity index (χ2n) is 7.18. The lowest BCUT2D eigenvalue weighted by atomic mass is 10.1. The van der Waals surface area contributed by atoms with Crippen LogP contribution in [-0.2, 0) is 14.3 Å². The molecule has 1 aliphatic rings. The zero-order valence-corrected chi connectivity index (χ0v) is 16.9. The van der Waals surface area contributed by atoms with Crippen LogP contribution in [0.5, 0.6) is 0 Å². The molecule has 1 aromatic heterocycles. The number of nitro benzene ring substituents is 1. The van der Waals surface area contributed by atoms with Crippen molar-refractivity contribution in [1.82, 2.24) is 9.55 Å². The van der Waals surface area contributed by atoms with Crippen molar-refractivity contribution in [2.24, 2.45) is 0 Å². The predicted octanol–water partition coefficient (Wildman–Crippen LogP) is 2.90. The Morgan fingerprint density at radius 3 is 2.84 bits per heavy atom. The van der Waals surface area contributed by atoms with E-state index < -0.39 is 16.9 Å². The summed E-state index contributed by atoms with van der Waals surface area (Å²) in [7, 11) is 1.60. The van der Waals surface area contributed by atoms with E-state index in [4.69, 9.17) is 4.74 Å². The average molecular weight is 423 g/mol. The number of fused-ring (bicyclic) bond motifs is 3. The summed E-state index contributed by atoms with van der Waals surface area (Å²) in [6, 6.07) is 12.4. The van der Waals surface area contributed by atoms with Gasteiger partial charge in [-0.3, -0.25) is 29.2 Å². The van der Waals surface area contributed by atoms with Crippen molar-refractivity contribution in [3.05, 3.63) is 58.6 Å². The predicted molar refractivity (Wildman–Crippen MR) is 114 cm³/mol. The Hall–Kier alpha value is -3.79. The molecule has 3 aromatic rings. The van der Waals surface area contributed by atoms with Crippen molar-refractivity contribution in [1.29, 1.82) is 0 Å². The molecule has 2 amide bonds. The van der Waals surface area contributed by atoms with E-state index in [-0.39, 0.29) is 18.0 Å². The van der Waals surface area contributed by atoms with Crippen molar-refractivity contribution in [2.75, 3.05) is 30.5 Å². The van der Waals surface area contributed by atoms with Crippen molar-refractivity contribution >= 4 is 40.2 Å². The van der Waals surface area contributed by atoms with Gasteiger partial charge in [0.25, 0.3) is 11.6 Å². The Labute approximate surface area is 177 Å². The number of methoxy groups -OCH3 is 1. The van der Waals surface area contributed by atoms with Gasteiger partial charge in [0.2, 0.25) is 11.9 Å². The average Bonchev–Trinajstić information content (AvgIpc) is 3.24. The number of nitrogens with one attached hydrogen (secondary N) is 1. The van der Waals surface area contributed by atoms with E-state index in [1.165, 1.54) is 18.2 Å². The summed E-state index contributed by atoms with van der Waals surface area (Å²) in [5, 5.41) is 13.6. The van der Waals surface area contributed by atoms with Crippen LogP contribution in [-0.4, -0.2) is 46.6 Å². The van der Waals surface area contributed by atoms with Crippen LogP contribution in [0.15, 0.2) is 48.5 Å². The molecule has 1 N–H and O–H groups in total. The molecule has 1 atom stereocenters. The standard InChI is InChI=1S/C21H21N5O5/c1-31-11-5-10-24-20(28)18(25-17-9-3-2-8-16(17)23-21(24)25)13-19(27)22-14-6-4-7-15(12-14)26(29)30/h2-4,6-9,12,18H,5,10-11,13H2,1H3,(H,22,27)/t18-/m0/s1. The number of carbonyl (C=O) groups excluding carboxylic acids is 2. The summed E-state index contributed by atoms with van der Waals surface area (Å²) >= 11 is 0. The fourth-order valence-electron chi connectivity index (χ4n) is 3.76. The van der Waals surface area contributed by atoms with Gasteiger partial charge in [-0.2, -0.15) is 0 Å². The Bertz CT molecular complexity index is 1160. The number of imidazole rings is 1. The largest absolute Gasteiger partial charge is 0.385 e. The van der Waals surface area contributed by atoms with Gasteiger partial charge in [0.15, 0.2) is 0 Å². The van der Waals surface area contributed by atoms with E-state index in [9.17, 15) is 19.7 Å². The van der Waals surface area contributed by atoms with Gasteiger partial charge in [-0.25, -0.2) is 4.98 Å². The molecule has 10 heteroatoms. The molecular formula is C21H21N5O5. The summed E-state index contributed by atoms with van der Waals surface area (Å²) in [6.45, 7) is 0.931. The zero-order valence-electron chi connectivity index (χ0n) is 16.9. The highest BCUT2D eigenvalue weighted by Crippen LogP contribution is 2.36. The summed E-state index contributed by atoms with van der Waals surface area (Å²) in [5.41, 5.74) is 1.69. The molecule has 0 aliphatic carbocycles. The zero-order chi connectivity index (χ0) is 22.0. The number of hydrogen-bond acceptors (Lipinski definition) is 6. The molecule has 0 fully saturated rings. The topological polar surface area (TPSA) is 120 Å². The lowest BCUT2D eigenvalue weighted by Crippen LogP contribution is -2.32. The highest BCUT2D eigenvalue weighted by atomic mass is 16.6. The molecule has 0 saturated carbocycles. The summed E-state index contributed by atoms with van der Waals surface area (Å²) in [5.74, 6) is -0.115. The van der Waals surface area contributed by atoms with Crippen LogP contribution in [0.3, 0.4) is 0 Å². The van der Waals surface area contributed by atoms with Gasteiger partial charge in [0, 0.05) is 38.1 Å². The molecule has 31 heavy (non-hydrogen) atoms. The Balaban J connectivity index is 1.59. The van der Waals surface area contributed by atoms with Crippen LogP contribution in [0.4, 0.5) is 17.3 Å². The first-order valence-electron chi connectivity index (χ1n) is 9.81. The Kier molecular flexibility index (Phi) is 5.63. The van der Waals surface area contributed by atoms with Gasteiger partial charge in [0.1, 0.15) is 6.04 Å². The summed E-state index contributed by atoms with van der Waals surface area (Å²) < 4.78 is 6.88. The van der Waals surface area contributed by atoms with E-state index in [0.717, 1.165) is 11.0 Å². The normalized spacial score (nSPS) is 15.3. The molecule has 1 aliphatic heterocycles. The maximum Gasteiger partial charge on any atom is 0.271 e. The highest BCUT2D eigenvalue weighted by molar-refractivity contribution is 6.05. The SMILES string of the molecule is COCCCN1C(=O)[C@H](CC(=O)Nc2cccc([N+](=O)[O-])c2)n2c1nc1ccccc12. The molecule has 0 unspecified atom stereocenters. The van der Waals surface area contributed by atoms with Crippen molar-refractivity contribution in [2.45, 2.75) is 18.9 Å². The third-order valence-electron chi connectivity index (χ3n) is 5.13. The van der Waals surface area contributed by atoms with Gasteiger partial charge in [-0.05, 0) is 24.6 Å². The maximum atomic E-state index is 13.1. The number of anilines is 2. The quantitative estimate of drug-likeness (QED) is 0.338. The van der Waals surface area contributed by atoms with Gasteiger partial charge in [-0.15, -0.1) is 0 Å². The molecule has 160 valence electrons. The minimum absolute atomic E-state index is 0.115. The third-order valence-corrected chi connectivity index (χ3v) is 5.13. The second kappa shape index (κ2) is 8.52. The lowest BCUT2D eigenvalue weighted by molar-refractivity contribution is -0.384. The number of benzene rings is 2. The first-order chi connectivity index (χ1) is 15.0. The summed E-state index contributed by atoms with van der Waals surface area (Å²) in [4.78, 5) is 42.5. The second-order valence-corrected chi connectivity index (χ2v) is 7.18. The molecule has 0 radical (unpaired) electrons. The fourth-order valence-corrected chi connectivity index (χ4v) is 3.76. The van der Waals surface area contributed by atoms with Crippen LogP contribution in [0, 0.1) is 10.1 Å². The van der Waals surface area contributed by atoms with E-state index in [1.807, 2.05) is 24.3 Å². The van der Waals surface area contributed by atoms with Gasteiger partial charge >= 0.3 is 0 Å². The lowest BCUT2D eigenvalue weighted by Gasteiger charge is -2.15. The van der Waals surface area contributed by atoms with E-state index in [1.54, 1.807) is 22.6 Å². The molecule has 0 saturated heterocycles. The number of carbonyl (C=O) groups is 2. The molecule has 10 nitrogen and oxygen atoms in total. The molecular weight excluding hydrogens is 402 g/mol. The molecule has 0 bridgehead atoms. The number of aromatic nitrogens is 2. The fraction of sp³-hybridized carbons (Fsp3) is 0.286. The minimum atomic E-state index is -0.747. The van der Waals surface area contributed by atoms with E-state index in [0.29, 0.717) is 31.2 Å². The Morgan fingerprint density at radius 1 is 1.26 bits per heavy atom. The van der Waals surface area contributed by atoms with Gasteiger partial charge in [0.05, 0.1) is 22.4 Å².